The van der Waals surface area contributed by atoms with Crippen molar-refractivity contribution in [2.45, 2.75) is 4.90 Å². The molecule has 0 radical (unpaired) electrons. The highest BCUT2D eigenvalue weighted by Gasteiger charge is 2.31. The molecule has 0 unspecified atom stereocenters. The highest BCUT2D eigenvalue weighted by atomic mass is 35.5. The zero-order valence-electron chi connectivity index (χ0n) is 13.1. The summed E-state index contributed by atoms with van der Waals surface area (Å²) in [5.41, 5.74) is 0. The van der Waals surface area contributed by atoms with Crippen molar-refractivity contribution in [3.8, 4) is 0 Å². The van der Waals surface area contributed by atoms with Crippen LogP contribution in [0, 0.1) is 0 Å². The first-order valence-corrected chi connectivity index (χ1v) is 10.5. The lowest BCUT2D eigenvalue weighted by Crippen LogP contribution is -2.39. The second-order valence-corrected chi connectivity index (χ2v) is 9.01. The molecule has 2 heterocycles. The maximum absolute atomic E-state index is 12.8. The second-order valence-electron chi connectivity index (χ2n) is 4.96. The molecule has 1 aliphatic heterocycles. The number of carbonyl (C=O) groups excluding carboxylic acids is 1. The topological polar surface area (TPSA) is 69.7 Å². The molecule has 1 amide bonds. The summed E-state index contributed by atoms with van der Waals surface area (Å²) in [6, 6.07) is 1.54. The van der Waals surface area contributed by atoms with Crippen molar-refractivity contribution in [3.63, 3.8) is 0 Å². The summed E-state index contributed by atoms with van der Waals surface area (Å²) < 4.78 is 27.0. The molecule has 0 bridgehead atoms. The van der Waals surface area contributed by atoms with Gasteiger partial charge in [0.25, 0.3) is 5.91 Å². The van der Waals surface area contributed by atoms with E-state index in [9.17, 15) is 13.2 Å². The van der Waals surface area contributed by atoms with Crippen molar-refractivity contribution in [3.05, 3.63) is 16.3 Å². The highest BCUT2D eigenvalue weighted by Crippen LogP contribution is 2.27. The minimum absolute atomic E-state index is 0. The number of likely N-dealkylation sites (N-methyl/N-ethyl adjacent to an activating group) is 2. The lowest BCUT2D eigenvalue weighted by atomic mass is 10.4. The number of hydrogen-bond acceptors (Lipinski definition) is 6. The average molecular weight is 400 g/mol. The number of thiophene rings is 1. The van der Waals surface area contributed by atoms with Crippen molar-refractivity contribution < 1.29 is 13.2 Å². The molecule has 1 fully saturated rings. The van der Waals surface area contributed by atoms with Gasteiger partial charge in [0.05, 0.1) is 0 Å². The average Bonchev–Trinajstić information content (AvgIpc) is 3.03. The van der Waals surface area contributed by atoms with E-state index in [1.807, 2.05) is 7.05 Å². The molecule has 23 heavy (non-hydrogen) atoms. The number of amides is 1. The molecule has 0 aromatic carbocycles. The lowest BCUT2D eigenvalue weighted by molar-refractivity contribution is 0.0798. The van der Waals surface area contributed by atoms with Crippen LogP contribution in [-0.4, -0.2) is 75.3 Å². The maximum atomic E-state index is 12.8. The van der Waals surface area contributed by atoms with E-state index in [4.69, 9.17) is 0 Å². The van der Waals surface area contributed by atoms with Crippen LogP contribution < -0.4 is 5.32 Å². The molecule has 10 heteroatoms. The van der Waals surface area contributed by atoms with Gasteiger partial charge in [0.15, 0.2) is 0 Å². The van der Waals surface area contributed by atoms with Gasteiger partial charge in [-0.15, -0.1) is 23.7 Å². The molecule has 132 valence electrons. The smallest absolute Gasteiger partial charge is 0.265 e. The summed E-state index contributed by atoms with van der Waals surface area (Å²) in [7, 11) is -0.0801. The van der Waals surface area contributed by atoms with E-state index in [-0.39, 0.29) is 23.2 Å². The molecule has 1 aromatic heterocycles. The van der Waals surface area contributed by atoms with E-state index in [0.29, 0.717) is 31.1 Å². The molecule has 0 atom stereocenters. The van der Waals surface area contributed by atoms with E-state index in [1.165, 1.54) is 15.6 Å². The van der Waals surface area contributed by atoms with E-state index in [1.54, 1.807) is 35.2 Å². The van der Waals surface area contributed by atoms with E-state index >= 15 is 0 Å². The van der Waals surface area contributed by atoms with Crippen molar-refractivity contribution in [2.24, 2.45) is 0 Å². The fourth-order valence-electron chi connectivity index (χ4n) is 2.14. The molecule has 2 rings (SSSR count). The number of carbonyl (C=O) groups is 1. The van der Waals surface area contributed by atoms with Gasteiger partial charge in [-0.25, -0.2) is 8.42 Å². The Hall–Kier alpha value is -0.320. The number of nitrogens with zero attached hydrogens (tertiary/aromatic N) is 2. The molecule has 0 spiro atoms. The molecule has 1 N–H and O–H groups in total. The SMILES string of the molecule is CNCCN(C)C(=O)c1sccc1S(=O)(=O)N1CCSCC1.Cl. The van der Waals surface area contributed by atoms with Gasteiger partial charge < -0.3 is 10.2 Å². The number of nitrogens with one attached hydrogen (secondary N) is 1. The summed E-state index contributed by atoms with van der Waals surface area (Å²) in [4.78, 5) is 14.5. The van der Waals surface area contributed by atoms with Crippen LogP contribution in [0.2, 0.25) is 0 Å². The molecular formula is C13H22ClN3O3S3. The van der Waals surface area contributed by atoms with Crippen LogP contribution in [0.25, 0.3) is 0 Å². The molecule has 0 saturated carbocycles. The summed E-state index contributed by atoms with van der Waals surface area (Å²) in [6.45, 7) is 2.21. The van der Waals surface area contributed by atoms with Crippen molar-refractivity contribution in [2.75, 3.05) is 51.8 Å². The van der Waals surface area contributed by atoms with Crippen LogP contribution in [0.4, 0.5) is 0 Å². The van der Waals surface area contributed by atoms with Crippen molar-refractivity contribution >= 4 is 51.4 Å². The van der Waals surface area contributed by atoms with Crippen LogP contribution in [-0.2, 0) is 10.0 Å². The standard InChI is InChI=1S/C13H21N3O3S3.ClH/c1-14-4-5-15(2)13(17)12-11(3-8-21-12)22(18,19)16-6-9-20-10-7-16;/h3,8,14H,4-7,9-10H2,1-2H3;1H. The summed E-state index contributed by atoms with van der Waals surface area (Å²) in [5.74, 6) is 1.36. The summed E-state index contributed by atoms with van der Waals surface area (Å²) in [5, 5.41) is 4.65. The van der Waals surface area contributed by atoms with Crippen LogP contribution in [0.3, 0.4) is 0 Å². The second kappa shape index (κ2) is 9.24. The van der Waals surface area contributed by atoms with E-state index in [2.05, 4.69) is 5.32 Å². The number of thioether (sulfide) groups is 1. The number of halogens is 1. The third kappa shape index (κ3) is 4.83. The molecule has 1 aromatic rings. The zero-order chi connectivity index (χ0) is 16.2. The van der Waals surface area contributed by atoms with Gasteiger partial charge in [0.1, 0.15) is 9.77 Å². The molecule has 6 nitrogen and oxygen atoms in total. The minimum atomic E-state index is -3.58. The third-order valence-corrected chi connectivity index (χ3v) is 7.37. The van der Waals surface area contributed by atoms with Crippen molar-refractivity contribution in [1.29, 1.82) is 0 Å². The fraction of sp³-hybridized carbons (Fsp3) is 0.615. The molecule has 0 aliphatic carbocycles. The van der Waals surface area contributed by atoms with Crippen LogP contribution in [0.15, 0.2) is 16.3 Å². The molecule has 1 aliphatic rings. The van der Waals surface area contributed by atoms with Crippen LogP contribution >= 0.6 is 35.5 Å². The van der Waals surface area contributed by atoms with Gasteiger partial charge >= 0.3 is 0 Å². The van der Waals surface area contributed by atoms with Gasteiger partial charge in [-0.2, -0.15) is 16.1 Å². The normalized spacial score (nSPS) is 15.9. The van der Waals surface area contributed by atoms with Gasteiger partial charge in [0, 0.05) is 44.7 Å². The van der Waals surface area contributed by atoms with Gasteiger partial charge in [-0.3, -0.25) is 4.79 Å². The quantitative estimate of drug-likeness (QED) is 0.778. The molecule has 1 saturated heterocycles. The Morgan fingerprint density at radius 3 is 2.65 bits per heavy atom. The summed E-state index contributed by atoms with van der Waals surface area (Å²) in [6.07, 6.45) is 0. The molecular weight excluding hydrogens is 378 g/mol. The predicted molar refractivity (Wildman–Crippen MR) is 98.5 cm³/mol. The highest BCUT2D eigenvalue weighted by molar-refractivity contribution is 7.99. The largest absolute Gasteiger partial charge is 0.340 e. The Kier molecular flexibility index (Phi) is 8.32. The van der Waals surface area contributed by atoms with Gasteiger partial charge in [0.2, 0.25) is 10.0 Å². The van der Waals surface area contributed by atoms with Crippen LogP contribution in [0.1, 0.15) is 9.67 Å². The Morgan fingerprint density at radius 2 is 2.04 bits per heavy atom. The zero-order valence-corrected chi connectivity index (χ0v) is 16.4. The third-order valence-electron chi connectivity index (χ3n) is 3.46. The first-order valence-electron chi connectivity index (χ1n) is 7.04. The maximum Gasteiger partial charge on any atom is 0.265 e. The number of rotatable bonds is 6. The predicted octanol–water partition coefficient (Wildman–Crippen LogP) is 1.20. The first-order chi connectivity index (χ1) is 10.5. The lowest BCUT2D eigenvalue weighted by Gasteiger charge is -2.26. The fourth-order valence-corrected chi connectivity index (χ4v) is 6.10. The first kappa shape index (κ1) is 20.7. The monoisotopic (exact) mass is 399 g/mol. The Labute approximate surface area is 152 Å². The summed E-state index contributed by atoms with van der Waals surface area (Å²) >= 11 is 2.94. The minimum Gasteiger partial charge on any atom is -0.340 e. The van der Waals surface area contributed by atoms with Gasteiger partial charge in [-0.05, 0) is 18.5 Å². The van der Waals surface area contributed by atoms with E-state index in [0.717, 1.165) is 11.5 Å². The van der Waals surface area contributed by atoms with E-state index < -0.39 is 10.0 Å². The van der Waals surface area contributed by atoms with Crippen molar-refractivity contribution in [1.82, 2.24) is 14.5 Å². The van der Waals surface area contributed by atoms with Crippen LogP contribution in [0.5, 0.6) is 0 Å². The Bertz CT molecular complexity index is 615. The number of sulfonamides is 1. The number of hydrogen-bond donors (Lipinski definition) is 1. The van der Waals surface area contributed by atoms with Gasteiger partial charge in [-0.1, -0.05) is 0 Å². The Morgan fingerprint density at radius 1 is 1.39 bits per heavy atom. The Balaban J connectivity index is 0.00000264.